The van der Waals surface area contributed by atoms with Crippen LogP contribution < -0.4 is 11.1 Å². The second-order valence-electron chi connectivity index (χ2n) is 4.15. The van der Waals surface area contributed by atoms with Gasteiger partial charge in [-0.1, -0.05) is 29.9 Å². The molecule has 0 aliphatic carbocycles. The predicted molar refractivity (Wildman–Crippen MR) is 78.8 cm³/mol. The summed E-state index contributed by atoms with van der Waals surface area (Å²) >= 11 is 10.6. The summed E-state index contributed by atoms with van der Waals surface area (Å²) in [7, 11) is 0. The number of thiocarbonyl (C=S) groups is 1. The topological polar surface area (TPSA) is 55.1 Å². The molecule has 19 heavy (non-hydrogen) atoms. The lowest BCUT2D eigenvalue weighted by atomic mass is 10.1. The highest BCUT2D eigenvalue weighted by atomic mass is 35.5. The van der Waals surface area contributed by atoms with Gasteiger partial charge in [0.25, 0.3) is 0 Å². The maximum Gasteiger partial charge on any atom is 0.224 e. The van der Waals surface area contributed by atoms with Crippen LogP contribution in [0.1, 0.15) is 24.8 Å². The molecule has 104 valence electrons. The fourth-order valence-corrected chi connectivity index (χ4v) is 1.95. The van der Waals surface area contributed by atoms with Gasteiger partial charge in [0.1, 0.15) is 5.82 Å². The summed E-state index contributed by atoms with van der Waals surface area (Å²) in [6.07, 6.45) is 2.23. The lowest BCUT2D eigenvalue weighted by Gasteiger charge is -2.07. The minimum Gasteiger partial charge on any atom is -0.393 e. The molecule has 0 saturated carbocycles. The molecule has 0 spiro atoms. The Kier molecular flexibility index (Phi) is 6.73. The third kappa shape index (κ3) is 5.98. The van der Waals surface area contributed by atoms with Gasteiger partial charge in [-0.15, -0.1) is 0 Å². The molecule has 1 amide bonds. The molecule has 3 nitrogen and oxygen atoms in total. The van der Waals surface area contributed by atoms with Crippen LogP contribution in [0.4, 0.5) is 4.39 Å². The van der Waals surface area contributed by atoms with Crippen LogP contribution in [0.2, 0.25) is 5.02 Å². The normalized spacial score (nSPS) is 10.2. The molecule has 0 fully saturated rings. The zero-order valence-corrected chi connectivity index (χ0v) is 12.0. The van der Waals surface area contributed by atoms with E-state index in [0.717, 1.165) is 12.8 Å². The van der Waals surface area contributed by atoms with Crippen molar-refractivity contribution in [2.45, 2.75) is 25.7 Å². The van der Waals surface area contributed by atoms with E-state index < -0.39 is 5.82 Å². The van der Waals surface area contributed by atoms with E-state index in [1.54, 1.807) is 6.07 Å². The first-order chi connectivity index (χ1) is 9.00. The molecule has 0 heterocycles. The van der Waals surface area contributed by atoms with Gasteiger partial charge in [-0.2, -0.15) is 0 Å². The van der Waals surface area contributed by atoms with Crippen molar-refractivity contribution in [1.29, 1.82) is 0 Å². The van der Waals surface area contributed by atoms with Crippen LogP contribution in [0, 0.1) is 5.82 Å². The Labute approximate surface area is 122 Å². The SMILES string of the molecule is NC(=S)CCCCNC(=O)Cc1c(F)cccc1Cl. The zero-order chi connectivity index (χ0) is 14.3. The standard InChI is InChI=1S/C13H16ClFN2OS/c14-10-4-3-5-11(15)9(10)8-13(18)17-7-2-1-6-12(16)19/h3-5H,1-2,6-8H2,(H2,16,19)(H,17,18). The van der Waals surface area contributed by atoms with Crippen molar-refractivity contribution in [1.82, 2.24) is 5.32 Å². The minimum absolute atomic E-state index is 0.0548. The number of unbranched alkanes of at least 4 members (excludes halogenated alkanes) is 1. The number of carbonyl (C=O) groups is 1. The molecule has 0 bridgehead atoms. The maximum atomic E-state index is 13.4. The maximum absolute atomic E-state index is 13.4. The molecule has 1 aromatic carbocycles. The molecule has 0 radical (unpaired) electrons. The average Bonchev–Trinajstić information content (AvgIpc) is 2.33. The van der Waals surface area contributed by atoms with Crippen molar-refractivity contribution in [3.63, 3.8) is 0 Å². The third-order valence-electron chi connectivity index (χ3n) is 2.57. The molecule has 6 heteroatoms. The number of nitrogens with one attached hydrogen (secondary N) is 1. The van der Waals surface area contributed by atoms with Crippen molar-refractivity contribution in [3.05, 3.63) is 34.6 Å². The van der Waals surface area contributed by atoms with Gasteiger partial charge in [-0.05, 0) is 31.4 Å². The van der Waals surface area contributed by atoms with E-state index >= 15 is 0 Å². The lowest BCUT2D eigenvalue weighted by Crippen LogP contribution is -2.26. The Morgan fingerprint density at radius 2 is 2.16 bits per heavy atom. The number of hydrogen-bond donors (Lipinski definition) is 2. The number of rotatable bonds is 7. The molecule has 0 aromatic heterocycles. The van der Waals surface area contributed by atoms with Crippen LogP contribution in [0.15, 0.2) is 18.2 Å². The number of amides is 1. The summed E-state index contributed by atoms with van der Waals surface area (Å²) in [4.78, 5) is 12.1. The van der Waals surface area contributed by atoms with Gasteiger partial charge in [0, 0.05) is 17.1 Å². The number of hydrogen-bond acceptors (Lipinski definition) is 2. The number of halogens is 2. The van der Waals surface area contributed by atoms with Crippen LogP contribution in [0.25, 0.3) is 0 Å². The number of benzene rings is 1. The lowest BCUT2D eigenvalue weighted by molar-refractivity contribution is -0.120. The quantitative estimate of drug-likeness (QED) is 0.601. The van der Waals surface area contributed by atoms with Gasteiger partial charge >= 0.3 is 0 Å². The molecule has 0 atom stereocenters. The Morgan fingerprint density at radius 1 is 1.42 bits per heavy atom. The summed E-state index contributed by atoms with van der Waals surface area (Å²) in [5, 5.41) is 2.98. The zero-order valence-electron chi connectivity index (χ0n) is 10.4. The van der Waals surface area contributed by atoms with Crippen molar-refractivity contribution < 1.29 is 9.18 Å². The van der Waals surface area contributed by atoms with Crippen LogP contribution in [0.5, 0.6) is 0 Å². The molecular formula is C13H16ClFN2OS. The van der Waals surface area contributed by atoms with Gasteiger partial charge in [-0.3, -0.25) is 4.79 Å². The Morgan fingerprint density at radius 3 is 2.79 bits per heavy atom. The summed E-state index contributed by atoms with van der Waals surface area (Å²) in [5.41, 5.74) is 5.58. The first kappa shape index (κ1) is 15.9. The molecule has 0 aliphatic rings. The summed E-state index contributed by atoms with van der Waals surface area (Å²) in [6.45, 7) is 0.521. The summed E-state index contributed by atoms with van der Waals surface area (Å²) in [6, 6.07) is 4.36. The first-order valence-electron chi connectivity index (χ1n) is 5.98. The number of carbonyl (C=O) groups excluding carboxylic acids is 1. The highest BCUT2D eigenvalue weighted by Gasteiger charge is 2.11. The van der Waals surface area contributed by atoms with E-state index in [1.165, 1.54) is 12.1 Å². The second kappa shape index (κ2) is 8.07. The van der Waals surface area contributed by atoms with Gasteiger partial charge in [-0.25, -0.2) is 4.39 Å². The van der Waals surface area contributed by atoms with Crippen LogP contribution in [0.3, 0.4) is 0 Å². The van der Waals surface area contributed by atoms with Crippen molar-refractivity contribution >= 4 is 34.7 Å². The van der Waals surface area contributed by atoms with Gasteiger partial charge in [0.05, 0.1) is 11.4 Å². The van der Waals surface area contributed by atoms with Crippen molar-refractivity contribution in [3.8, 4) is 0 Å². The van der Waals surface area contributed by atoms with Crippen molar-refractivity contribution in [2.75, 3.05) is 6.54 Å². The molecule has 0 unspecified atom stereocenters. The van der Waals surface area contributed by atoms with E-state index in [-0.39, 0.29) is 22.9 Å². The van der Waals surface area contributed by atoms with Crippen molar-refractivity contribution in [2.24, 2.45) is 5.73 Å². The smallest absolute Gasteiger partial charge is 0.224 e. The van der Waals surface area contributed by atoms with Crippen LogP contribution in [-0.2, 0) is 11.2 Å². The van der Waals surface area contributed by atoms with E-state index in [4.69, 9.17) is 29.6 Å². The highest BCUT2D eigenvalue weighted by Crippen LogP contribution is 2.19. The minimum atomic E-state index is -0.462. The van der Waals surface area contributed by atoms with E-state index in [9.17, 15) is 9.18 Å². The first-order valence-corrected chi connectivity index (χ1v) is 6.77. The van der Waals surface area contributed by atoms with Crippen LogP contribution >= 0.6 is 23.8 Å². The third-order valence-corrected chi connectivity index (χ3v) is 3.13. The monoisotopic (exact) mass is 302 g/mol. The van der Waals surface area contributed by atoms with Crippen LogP contribution in [-0.4, -0.2) is 17.4 Å². The van der Waals surface area contributed by atoms with E-state index in [1.807, 2.05) is 0 Å². The fraction of sp³-hybridized carbons (Fsp3) is 0.385. The van der Waals surface area contributed by atoms with E-state index in [2.05, 4.69) is 5.32 Å². The molecule has 3 N–H and O–H groups in total. The second-order valence-corrected chi connectivity index (χ2v) is 5.08. The predicted octanol–water partition coefficient (Wildman–Crippen LogP) is 2.59. The molecule has 1 rings (SSSR count). The molecule has 0 saturated heterocycles. The summed E-state index contributed by atoms with van der Waals surface area (Å²) < 4.78 is 13.4. The van der Waals surface area contributed by atoms with Gasteiger partial charge in [0.15, 0.2) is 0 Å². The Balaban J connectivity index is 2.33. The highest BCUT2D eigenvalue weighted by molar-refractivity contribution is 7.80. The molecular weight excluding hydrogens is 287 g/mol. The average molecular weight is 303 g/mol. The van der Waals surface area contributed by atoms with E-state index in [0.29, 0.717) is 18.0 Å². The largest absolute Gasteiger partial charge is 0.393 e. The Hall–Kier alpha value is -1.20. The van der Waals surface area contributed by atoms with Gasteiger partial charge in [0.2, 0.25) is 5.91 Å². The Bertz CT molecular complexity index is 448. The summed E-state index contributed by atoms with van der Waals surface area (Å²) in [5.74, 6) is -0.710. The molecule has 1 aromatic rings. The fourth-order valence-electron chi connectivity index (χ4n) is 1.58. The number of nitrogens with two attached hydrogens (primary N) is 1. The molecule has 0 aliphatic heterocycles. The van der Waals surface area contributed by atoms with Gasteiger partial charge < -0.3 is 11.1 Å².